The zero-order valence-corrected chi connectivity index (χ0v) is 27.9. The Hall–Kier alpha value is -0.560. The number of carbonyl (C=O) groups is 1. The van der Waals surface area contributed by atoms with Gasteiger partial charge in [0.2, 0.25) is 0 Å². The van der Waals surface area contributed by atoms with Crippen LogP contribution in [0.25, 0.3) is 0 Å². The van der Waals surface area contributed by atoms with Gasteiger partial charge in [-0.15, -0.1) is 11.6 Å². The Kier molecular flexibility index (Phi) is 39.0. The molecule has 0 aliphatic heterocycles. The van der Waals surface area contributed by atoms with E-state index in [4.69, 9.17) is 54.2 Å². The lowest BCUT2D eigenvalue weighted by Gasteiger charge is -2.09. The van der Waals surface area contributed by atoms with E-state index >= 15 is 0 Å². The summed E-state index contributed by atoms with van der Waals surface area (Å²) in [5.41, 5.74) is 0. The normalized spacial score (nSPS) is 11.4. The summed E-state index contributed by atoms with van der Waals surface area (Å²) in [6.45, 7) is 11.0. The van der Waals surface area contributed by atoms with Gasteiger partial charge in [-0.05, 0) is 19.3 Å². The van der Waals surface area contributed by atoms with Crippen molar-refractivity contribution in [1.29, 1.82) is 0 Å². The van der Waals surface area contributed by atoms with Crippen LogP contribution in [0.4, 0.5) is 0 Å². The van der Waals surface area contributed by atoms with E-state index in [0.717, 1.165) is 38.2 Å². The Morgan fingerprint density at radius 3 is 1.14 bits per heavy atom. The SMILES string of the molecule is CCCCCCCCCC(=O)OCCOCCOCCOCCOCCOCCOCCOCCOCCCCCCCl. The predicted molar refractivity (Wildman–Crippen MR) is 169 cm³/mol. The summed E-state index contributed by atoms with van der Waals surface area (Å²) < 4.78 is 49.0. The number of ether oxygens (including phenoxy) is 9. The van der Waals surface area contributed by atoms with Crippen molar-refractivity contribution in [2.45, 2.75) is 84.0 Å². The largest absolute Gasteiger partial charge is 0.463 e. The lowest BCUT2D eigenvalue weighted by molar-refractivity contribution is -0.145. The topological polar surface area (TPSA) is 100 Å². The molecule has 0 rings (SSSR count). The van der Waals surface area contributed by atoms with Crippen LogP contribution in [-0.4, -0.2) is 124 Å². The highest BCUT2D eigenvalue weighted by atomic mass is 35.5. The van der Waals surface area contributed by atoms with Crippen molar-refractivity contribution >= 4 is 17.6 Å². The van der Waals surface area contributed by atoms with Crippen molar-refractivity contribution in [3.8, 4) is 0 Å². The Morgan fingerprint density at radius 2 is 0.721 bits per heavy atom. The number of alkyl halides is 1. The first-order valence-electron chi connectivity index (χ1n) is 16.6. The van der Waals surface area contributed by atoms with Crippen LogP contribution in [0.1, 0.15) is 84.0 Å². The van der Waals surface area contributed by atoms with E-state index < -0.39 is 0 Å². The van der Waals surface area contributed by atoms with E-state index in [-0.39, 0.29) is 5.97 Å². The number of carbonyl (C=O) groups excluding carboxylic acids is 1. The van der Waals surface area contributed by atoms with Crippen molar-refractivity contribution in [1.82, 2.24) is 0 Å². The highest BCUT2D eigenvalue weighted by Crippen LogP contribution is 2.08. The molecule has 0 heterocycles. The fourth-order valence-electron chi connectivity index (χ4n) is 3.81. The van der Waals surface area contributed by atoms with Crippen molar-refractivity contribution < 1.29 is 47.4 Å². The molecule has 11 heteroatoms. The van der Waals surface area contributed by atoms with Crippen LogP contribution in [0.5, 0.6) is 0 Å². The van der Waals surface area contributed by atoms with Crippen molar-refractivity contribution in [3.63, 3.8) is 0 Å². The van der Waals surface area contributed by atoms with E-state index in [9.17, 15) is 4.79 Å². The van der Waals surface area contributed by atoms with Crippen LogP contribution in [0.15, 0.2) is 0 Å². The van der Waals surface area contributed by atoms with Gasteiger partial charge in [-0.3, -0.25) is 4.79 Å². The number of unbranched alkanes of at least 4 members (excludes halogenated alkanes) is 9. The third kappa shape index (κ3) is 39.4. The van der Waals surface area contributed by atoms with Gasteiger partial charge in [-0.2, -0.15) is 0 Å². The molecule has 0 N–H and O–H groups in total. The Balaban J connectivity index is 3.09. The summed E-state index contributed by atoms with van der Waals surface area (Å²) in [6.07, 6.45) is 13.3. The Morgan fingerprint density at radius 1 is 0.395 bits per heavy atom. The molecular weight excluding hydrogens is 580 g/mol. The van der Waals surface area contributed by atoms with Crippen LogP contribution in [0.3, 0.4) is 0 Å². The maximum Gasteiger partial charge on any atom is 0.305 e. The van der Waals surface area contributed by atoms with Crippen molar-refractivity contribution in [2.24, 2.45) is 0 Å². The van der Waals surface area contributed by atoms with Gasteiger partial charge < -0.3 is 42.6 Å². The Bertz CT molecular complexity index is 530. The lowest BCUT2D eigenvalue weighted by Crippen LogP contribution is -2.15. The van der Waals surface area contributed by atoms with Crippen LogP contribution in [-0.2, 0) is 47.4 Å². The van der Waals surface area contributed by atoms with Crippen molar-refractivity contribution in [3.05, 3.63) is 0 Å². The minimum absolute atomic E-state index is 0.137. The van der Waals surface area contributed by atoms with Crippen molar-refractivity contribution in [2.75, 3.05) is 118 Å². The Labute approximate surface area is 267 Å². The van der Waals surface area contributed by atoms with Gasteiger partial charge in [0.05, 0.1) is 99.1 Å². The van der Waals surface area contributed by atoms with Gasteiger partial charge in [-0.25, -0.2) is 0 Å². The fourth-order valence-corrected chi connectivity index (χ4v) is 4.00. The zero-order valence-electron chi connectivity index (χ0n) is 27.2. The van der Waals surface area contributed by atoms with E-state index in [2.05, 4.69) is 6.92 Å². The average Bonchev–Trinajstić information content (AvgIpc) is 3.01. The second-order valence-electron chi connectivity index (χ2n) is 10.1. The molecule has 10 nitrogen and oxygen atoms in total. The third-order valence-electron chi connectivity index (χ3n) is 6.25. The molecule has 43 heavy (non-hydrogen) atoms. The second kappa shape index (κ2) is 39.5. The summed E-state index contributed by atoms with van der Waals surface area (Å²) in [6, 6.07) is 0. The van der Waals surface area contributed by atoms with Gasteiger partial charge in [0.15, 0.2) is 0 Å². The number of hydrogen-bond acceptors (Lipinski definition) is 10. The quantitative estimate of drug-likeness (QED) is 0.0480. The molecule has 0 aromatic heterocycles. The van der Waals surface area contributed by atoms with E-state index in [0.29, 0.717) is 112 Å². The number of esters is 1. The minimum atomic E-state index is -0.137. The molecule has 0 aliphatic carbocycles. The smallest absolute Gasteiger partial charge is 0.305 e. The summed E-state index contributed by atoms with van der Waals surface area (Å²) in [5.74, 6) is 0.607. The van der Waals surface area contributed by atoms with E-state index in [1.807, 2.05) is 0 Å². The number of rotatable bonds is 38. The van der Waals surface area contributed by atoms with Crippen LogP contribution < -0.4 is 0 Å². The summed E-state index contributed by atoms with van der Waals surface area (Å²) in [5, 5.41) is 0. The van der Waals surface area contributed by atoms with Gasteiger partial charge in [0.25, 0.3) is 0 Å². The first-order valence-corrected chi connectivity index (χ1v) is 17.2. The molecule has 0 aromatic carbocycles. The summed E-state index contributed by atoms with van der Waals surface area (Å²) >= 11 is 5.65. The first kappa shape index (κ1) is 42.4. The van der Waals surface area contributed by atoms with Crippen LogP contribution in [0, 0.1) is 0 Å². The van der Waals surface area contributed by atoms with E-state index in [1.54, 1.807) is 0 Å². The molecule has 0 saturated heterocycles. The fraction of sp³-hybridized carbons (Fsp3) is 0.969. The molecule has 0 unspecified atom stereocenters. The zero-order chi connectivity index (χ0) is 31.2. The summed E-state index contributed by atoms with van der Waals surface area (Å²) in [7, 11) is 0. The average molecular weight is 643 g/mol. The monoisotopic (exact) mass is 642 g/mol. The predicted octanol–water partition coefficient (Wildman–Crippen LogP) is 5.60. The maximum atomic E-state index is 11.7. The molecule has 0 amide bonds. The third-order valence-corrected chi connectivity index (χ3v) is 6.52. The highest BCUT2D eigenvalue weighted by Gasteiger charge is 2.02. The molecule has 0 fully saturated rings. The molecule has 0 bridgehead atoms. The first-order chi connectivity index (χ1) is 21.3. The van der Waals surface area contributed by atoms with Gasteiger partial charge in [-0.1, -0.05) is 58.3 Å². The molecule has 0 saturated carbocycles. The number of hydrogen-bond donors (Lipinski definition) is 0. The molecule has 258 valence electrons. The van der Waals surface area contributed by atoms with Crippen LogP contribution in [0.2, 0.25) is 0 Å². The van der Waals surface area contributed by atoms with Gasteiger partial charge in [0.1, 0.15) is 6.61 Å². The molecule has 0 aliphatic rings. The molecule has 0 spiro atoms. The molecule has 0 radical (unpaired) electrons. The second-order valence-corrected chi connectivity index (χ2v) is 10.5. The highest BCUT2D eigenvalue weighted by molar-refractivity contribution is 6.17. The van der Waals surface area contributed by atoms with Crippen LogP contribution >= 0.6 is 11.6 Å². The van der Waals surface area contributed by atoms with Gasteiger partial charge >= 0.3 is 5.97 Å². The van der Waals surface area contributed by atoms with E-state index in [1.165, 1.54) is 44.9 Å². The molecule has 0 atom stereocenters. The molecular formula is C32H63ClO10. The maximum absolute atomic E-state index is 11.7. The lowest BCUT2D eigenvalue weighted by atomic mass is 10.1. The van der Waals surface area contributed by atoms with Gasteiger partial charge in [0, 0.05) is 18.9 Å². The molecule has 0 aromatic rings. The minimum Gasteiger partial charge on any atom is -0.463 e. The number of halogens is 1. The summed E-state index contributed by atoms with van der Waals surface area (Å²) in [4.78, 5) is 11.7. The standard InChI is InChI=1S/C32H63ClO10/c1-2-3-4-5-6-7-10-13-32(34)43-31-30-42-29-28-41-27-26-40-25-24-39-23-22-38-21-20-37-19-18-36-17-16-35-15-12-9-8-11-14-33/h2-31H2,1H3.